The lowest BCUT2D eigenvalue weighted by Crippen LogP contribution is -1.96. The van der Waals surface area contributed by atoms with Crippen LogP contribution >= 0.6 is 23.6 Å². The first-order valence-electron chi connectivity index (χ1n) is 8.04. The molecule has 0 atom stereocenters. The normalized spacial score (nSPS) is 14.6. The molecule has 1 aromatic heterocycles. The standard InChI is InChI=1S/C20H15FN2OS2/c1-11-7-8-16-14(9-11)13(12(2)22-16)10-18-19(24)23(20(25)26-18)17-6-4-3-5-15(17)21/h3-10,24H,1-2H3/b13-10-. The van der Waals surface area contributed by atoms with E-state index in [1.54, 1.807) is 18.2 Å². The first-order chi connectivity index (χ1) is 12.5. The molecule has 3 nitrogen and oxygen atoms in total. The van der Waals surface area contributed by atoms with Gasteiger partial charge in [0, 0.05) is 16.8 Å². The highest BCUT2D eigenvalue weighted by atomic mass is 32.1. The molecule has 0 aliphatic carbocycles. The highest BCUT2D eigenvalue weighted by molar-refractivity contribution is 7.73. The van der Waals surface area contributed by atoms with E-state index in [9.17, 15) is 9.50 Å². The van der Waals surface area contributed by atoms with E-state index in [4.69, 9.17) is 12.2 Å². The monoisotopic (exact) mass is 382 g/mol. The van der Waals surface area contributed by atoms with Crippen LogP contribution in [0.2, 0.25) is 0 Å². The van der Waals surface area contributed by atoms with Crippen molar-refractivity contribution < 1.29 is 9.50 Å². The molecule has 26 heavy (non-hydrogen) atoms. The predicted molar refractivity (Wildman–Crippen MR) is 108 cm³/mol. The molecule has 0 bridgehead atoms. The van der Waals surface area contributed by atoms with Gasteiger partial charge in [0.25, 0.3) is 0 Å². The molecule has 2 aromatic carbocycles. The van der Waals surface area contributed by atoms with Crippen molar-refractivity contribution in [2.24, 2.45) is 4.99 Å². The van der Waals surface area contributed by atoms with Crippen molar-refractivity contribution in [2.75, 3.05) is 0 Å². The van der Waals surface area contributed by atoms with E-state index in [0.29, 0.717) is 8.83 Å². The van der Waals surface area contributed by atoms with E-state index in [-0.39, 0.29) is 11.6 Å². The number of hydrogen-bond donors (Lipinski definition) is 1. The summed E-state index contributed by atoms with van der Waals surface area (Å²) in [4.78, 5) is 5.16. The van der Waals surface area contributed by atoms with Gasteiger partial charge in [-0.3, -0.25) is 9.56 Å². The number of hydrogen-bond acceptors (Lipinski definition) is 4. The lowest BCUT2D eigenvalue weighted by Gasteiger charge is -2.06. The third-order valence-corrected chi connectivity index (χ3v) is 5.61. The zero-order valence-corrected chi connectivity index (χ0v) is 15.8. The summed E-state index contributed by atoms with van der Waals surface area (Å²) in [6, 6.07) is 12.3. The molecule has 6 heteroatoms. The van der Waals surface area contributed by atoms with Crippen LogP contribution in [-0.2, 0) is 0 Å². The molecule has 1 aliphatic rings. The maximum atomic E-state index is 14.1. The summed E-state index contributed by atoms with van der Waals surface area (Å²) >= 11 is 6.61. The number of aromatic nitrogens is 1. The predicted octanol–water partition coefficient (Wildman–Crippen LogP) is 6.07. The Morgan fingerprint density at radius 3 is 2.73 bits per heavy atom. The molecule has 2 heterocycles. The molecule has 3 aromatic rings. The summed E-state index contributed by atoms with van der Waals surface area (Å²) in [7, 11) is 0. The fourth-order valence-electron chi connectivity index (χ4n) is 3.03. The Morgan fingerprint density at radius 1 is 1.19 bits per heavy atom. The van der Waals surface area contributed by atoms with E-state index in [1.807, 2.05) is 32.1 Å². The summed E-state index contributed by atoms with van der Waals surface area (Å²) in [5.74, 6) is -0.498. The molecule has 130 valence electrons. The van der Waals surface area contributed by atoms with E-state index in [0.717, 1.165) is 28.1 Å². The summed E-state index contributed by atoms with van der Waals surface area (Å²) < 4.78 is 15.9. The number of para-hydroxylation sites is 1. The first kappa shape index (κ1) is 16.9. The average Bonchev–Trinajstić information content (AvgIpc) is 3.05. The van der Waals surface area contributed by atoms with Crippen molar-refractivity contribution in [1.82, 2.24) is 4.57 Å². The minimum absolute atomic E-state index is 0.0634. The Kier molecular flexibility index (Phi) is 4.09. The zero-order chi connectivity index (χ0) is 18.4. The highest BCUT2D eigenvalue weighted by Gasteiger charge is 2.20. The van der Waals surface area contributed by atoms with Crippen LogP contribution in [-0.4, -0.2) is 15.4 Å². The molecule has 1 aliphatic heterocycles. The second kappa shape index (κ2) is 6.30. The fraction of sp³-hybridized carbons (Fsp3) is 0.100. The molecule has 0 unspecified atom stereocenters. The Labute approximate surface area is 159 Å². The number of halogens is 1. The molecule has 4 rings (SSSR count). The first-order valence-corrected chi connectivity index (χ1v) is 9.26. The lowest BCUT2D eigenvalue weighted by atomic mass is 10.0. The van der Waals surface area contributed by atoms with Gasteiger partial charge in [-0.25, -0.2) is 4.39 Å². The number of aromatic hydroxyl groups is 1. The minimum Gasteiger partial charge on any atom is -0.493 e. The van der Waals surface area contributed by atoms with Crippen LogP contribution in [0.3, 0.4) is 0 Å². The third kappa shape index (κ3) is 2.71. The van der Waals surface area contributed by atoms with Gasteiger partial charge in [0.15, 0.2) is 3.95 Å². The zero-order valence-electron chi connectivity index (χ0n) is 14.2. The Bertz CT molecular complexity index is 1150. The van der Waals surface area contributed by atoms with Crippen LogP contribution in [0.1, 0.15) is 22.9 Å². The molecular weight excluding hydrogens is 367 g/mol. The van der Waals surface area contributed by atoms with Gasteiger partial charge < -0.3 is 5.11 Å². The lowest BCUT2D eigenvalue weighted by molar-refractivity contribution is 0.438. The second-order valence-corrected chi connectivity index (χ2v) is 7.79. The van der Waals surface area contributed by atoms with Gasteiger partial charge in [0.2, 0.25) is 5.88 Å². The van der Waals surface area contributed by atoms with Crippen molar-refractivity contribution in [2.45, 2.75) is 13.8 Å². The highest BCUT2D eigenvalue weighted by Crippen LogP contribution is 2.39. The Morgan fingerprint density at radius 2 is 1.96 bits per heavy atom. The Hall–Kier alpha value is -2.57. The van der Waals surface area contributed by atoms with Crippen LogP contribution in [0, 0.1) is 16.7 Å². The third-order valence-electron chi connectivity index (χ3n) is 4.30. The summed E-state index contributed by atoms with van der Waals surface area (Å²) in [6.07, 6.45) is 1.87. The molecular formula is C20H15FN2OS2. The molecule has 0 saturated carbocycles. The van der Waals surface area contributed by atoms with Gasteiger partial charge >= 0.3 is 0 Å². The maximum Gasteiger partial charge on any atom is 0.215 e. The molecule has 1 N–H and O–H groups in total. The number of allylic oxidation sites excluding steroid dienone is 1. The van der Waals surface area contributed by atoms with Crippen molar-refractivity contribution in [3.63, 3.8) is 0 Å². The van der Waals surface area contributed by atoms with Crippen molar-refractivity contribution in [1.29, 1.82) is 0 Å². The number of nitrogens with zero attached hydrogens (tertiary/aromatic N) is 2. The van der Waals surface area contributed by atoms with Gasteiger partial charge in [0.1, 0.15) is 5.82 Å². The smallest absolute Gasteiger partial charge is 0.215 e. The quantitative estimate of drug-likeness (QED) is 0.546. The van der Waals surface area contributed by atoms with Crippen LogP contribution in [0.4, 0.5) is 10.1 Å². The van der Waals surface area contributed by atoms with E-state index < -0.39 is 5.82 Å². The number of rotatable bonds is 2. The van der Waals surface area contributed by atoms with Crippen LogP contribution < -0.4 is 0 Å². The summed E-state index contributed by atoms with van der Waals surface area (Å²) in [6.45, 7) is 3.97. The van der Waals surface area contributed by atoms with Crippen LogP contribution in [0.5, 0.6) is 5.88 Å². The fourth-order valence-corrected chi connectivity index (χ4v) is 4.31. The Balaban J connectivity index is 1.87. The summed E-state index contributed by atoms with van der Waals surface area (Å²) in [5, 5.41) is 10.7. The molecule has 0 radical (unpaired) electrons. The molecule has 0 amide bonds. The number of thiazole rings is 1. The summed E-state index contributed by atoms with van der Waals surface area (Å²) in [5.41, 5.74) is 5.14. The van der Waals surface area contributed by atoms with E-state index in [2.05, 4.69) is 11.1 Å². The van der Waals surface area contributed by atoms with Gasteiger partial charge in [0.05, 0.1) is 16.3 Å². The minimum atomic E-state index is -0.435. The molecule has 0 fully saturated rings. The number of aliphatic imine (C=N–C) groups is 1. The van der Waals surface area contributed by atoms with Crippen molar-refractivity contribution >= 4 is 46.6 Å². The second-order valence-electron chi connectivity index (χ2n) is 6.12. The van der Waals surface area contributed by atoms with Gasteiger partial charge in [-0.1, -0.05) is 23.8 Å². The van der Waals surface area contributed by atoms with Gasteiger partial charge in [-0.15, -0.1) is 11.3 Å². The van der Waals surface area contributed by atoms with Crippen LogP contribution in [0.25, 0.3) is 17.3 Å². The van der Waals surface area contributed by atoms with E-state index in [1.165, 1.54) is 22.0 Å². The van der Waals surface area contributed by atoms with E-state index >= 15 is 0 Å². The number of benzene rings is 2. The van der Waals surface area contributed by atoms with Gasteiger partial charge in [-0.2, -0.15) is 0 Å². The number of fused-ring (bicyclic) bond motifs is 1. The molecule has 0 spiro atoms. The topological polar surface area (TPSA) is 37.5 Å². The van der Waals surface area contributed by atoms with Gasteiger partial charge in [-0.05, 0) is 56.4 Å². The average molecular weight is 382 g/mol. The van der Waals surface area contributed by atoms with Crippen LogP contribution in [0.15, 0.2) is 47.5 Å². The number of aryl methyl sites for hydroxylation is 1. The maximum absolute atomic E-state index is 14.1. The van der Waals surface area contributed by atoms with Crippen molar-refractivity contribution in [3.8, 4) is 11.6 Å². The SMILES string of the molecule is CC1=Nc2ccc(C)cc2/C1=C\c1sc(=S)n(-c2ccccc2F)c1O. The largest absolute Gasteiger partial charge is 0.493 e. The molecule has 0 saturated heterocycles. The van der Waals surface area contributed by atoms with Crippen molar-refractivity contribution in [3.05, 3.63) is 68.2 Å².